The van der Waals surface area contributed by atoms with Crippen LogP contribution in [-0.4, -0.2) is 67.6 Å². The van der Waals surface area contributed by atoms with Gasteiger partial charge in [-0.3, -0.25) is 9.59 Å². The molecule has 1 fully saturated rings. The molecule has 0 unspecified atom stereocenters. The molecule has 0 saturated carbocycles. The van der Waals surface area contributed by atoms with Crippen LogP contribution in [0.3, 0.4) is 0 Å². The number of esters is 1. The predicted octanol–water partition coefficient (Wildman–Crippen LogP) is 1.69. The molecule has 6 N–H and O–H groups in total. The maximum absolute atomic E-state index is 13.0. The standard InChI is InChI=1S/C26H28O11/c1-3-11(2)26(34)37-25-22(33)21(32)18(10-27)36-24(25)20-15(30)8-14(29)19-16(31)9-17(35-23(19)20)12-4-6-13(28)7-5-12/h4-9,11,18,21-22,24-25,27-30,32-33H,3,10H2,1-2H3/t11-,18-,21+,22-,24+,25-/m0/s1. The average molecular weight is 516 g/mol. The highest BCUT2D eigenvalue weighted by atomic mass is 16.6. The Balaban J connectivity index is 1.94. The fraction of sp³-hybridized carbons (Fsp3) is 0.385. The highest BCUT2D eigenvalue weighted by Gasteiger charge is 2.49. The summed E-state index contributed by atoms with van der Waals surface area (Å²) in [7, 11) is 0. The number of ether oxygens (including phenoxy) is 2. The van der Waals surface area contributed by atoms with E-state index in [-0.39, 0.29) is 28.0 Å². The maximum Gasteiger partial charge on any atom is 0.309 e. The van der Waals surface area contributed by atoms with Gasteiger partial charge >= 0.3 is 5.97 Å². The van der Waals surface area contributed by atoms with Crippen LogP contribution in [0.25, 0.3) is 22.3 Å². The maximum atomic E-state index is 13.0. The van der Waals surface area contributed by atoms with Crippen molar-refractivity contribution in [2.75, 3.05) is 6.61 Å². The van der Waals surface area contributed by atoms with Crippen LogP contribution in [0.1, 0.15) is 31.9 Å². The summed E-state index contributed by atoms with van der Waals surface area (Å²) in [5.74, 6) is -2.47. The number of rotatable bonds is 6. The van der Waals surface area contributed by atoms with Gasteiger partial charge in [-0.25, -0.2) is 0 Å². The Bertz CT molecular complexity index is 1350. The molecule has 2 heterocycles. The first-order valence-electron chi connectivity index (χ1n) is 11.7. The van der Waals surface area contributed by atoms with Gasteiger partial charge in [-0.15, -0.1) is 0 Å². The molecule has 0 spiro atoms. The zero-order valence-electron chi connectivity index (χ0n) is 20.1. The van der Waals surface area contributed by atoms with Gasteiger partial charge in [0.15, 0.2) is 17.1 Å². The number of benzene rings is 2. The number of fused-ring (bicyclic) bond motifs is 1. The Labute approximate surface area is 210 Å². The number of hydrogen-bond donors (Lipinski definition) is 6. The third kappa shape index (κ3) is 4.86. The Hall–Kier alpha value is -3.64. The molecule has 198 valence electrons. The summed E-state index contributed by atoms with van der Waals surface area (Å²) in [6.45, 7) is 2.64. The van der Waals surface area contributed by atoms with E-state index in [1.54, 1.807) is 13.8 Å². The third-order valence-corrected chi connectivity index (χ3v) is 6.57. The van der Waals surface area contributed by atoms with Crippen LogP contribution in [0.5, 0.6) is 17.2 Å². The van der Waals surface area contributed by atoms with Crippen LogP contribution in [0.15, 0.2) is 45.6 Å². The Morgan fingerprint density at radius 3 is 2.35 bits per heavy atom. The monoisotopic (exact) mass is 516 g/mol. The van der Waals surface area contributed by atoms with Gasteiger partial charge < -0.3 is 44.5 Å². The molecular weight excluding hydrogens is 488 g/mol. The van der Waals surface area contributed by atoms with Gasteiger partial charge in [-0.1, -0.05) is 13.8 Å². The van der Waals surface area contributed by atoms with E-state index < -0.39 is 65.9 Å². The van der Waals surface area contributed by atoms with E-state index in [2.05, 4.69) is 0 Å². The van der Waals surface area contributed by atoms with Crippen molar-refractivity contribution in [1.29, 1.82) is 0 Å². The largest absolute Gasteiger partial charge is 0.508 e. The van der Waals surface area contributed by atoms with Gasteiger partial charge in [0.05, 0.1) is 18.1 Å². The van der Waals surface area contributed by atoms with Crippen molar-refractivity contribution in [2.24, 2.45) is 5.92 Å². The quantitative estimate of drug-likeness (QED) is 0.262. The Morgan fingerprint density at radius 1 is 1.05 bits per heavy atom. The van der Waals surface area contributed by atoms with Gasteiger partial charge in [-0.05, 0) is 30.7 Å². The number of hydrogen-bond acceptors (Lipinski definition) is 11. The summed E-state index contributed by atoms with van der Waals surface area (Å²) in [6, 6.07) is 7.72. The predicted molar refractivity (Wildman–Crippen MR) is 129 cm³/mol. The fourth-order valence-electron chi connectivity index (χ4n) is 4.24. The lowest BCUT2D eigenvalue weighted by Crippen LogP contribution is -2.56. The van der Waals surface area contributed by atoms with E-state index in [0.29, 0.717) is 12.0 Å². The molecule has 1 saturated heterocycles. The lowest BCUT2D eigenvalue weighted by atomic mass is 9.89. The van der Waals surface area contributed by atoms with Crippen molar-refractivity contribution in [3.63, 3.8) is 0 Å². The van der Waals surface area contributed by atoms with E-state index in [4.69, 9.17) is 13.9 Å². The number of phenols is 3. The van der Waals surface area contributed by atoms with E-state index in [0.717, 1.165) is 12.1 Å². The molecule has 1 aliphatic heterocycles. The van der Waals surface area contributed by atoms with E-state index in [1.165, 1.54) is 24.3 Å². The molecule has 11 heteroatoms. The summed E-state index contributed by atoms with van der Waals surface area (Å²) in [5.41, 5.74) is -0.843. The van der Waals surface area contributed by atoms with Crippen molar-refractivity contribution in [3.05, 3.63) is 52.2 Å². The lowest BCUT2D eigenvalue weighted by Gasteiger charge is -2.42. The van der Waals surface area contributed by atoms with Crippen molar-refractivity contribution in [1.82, 2.24) is 0 Å². The molecule has 1 aliphatic rings. The second-order valence-electron chi connectivity index (χ2n) is 9.02. The van der Waals surface area contributed by atoms with Crippen molar-refractivity contribution in [2.45, 2.75) is 50.8 Å². The topological polar surface area (TPSA) is 187 Å². The summed E-state index contributed by atoms with van der Waals surface area (Å²) in [4.78, 5) is 25.7. The molecular formula is C26H28O11. The minimum absolute atomic E-state index is 0.0204. The first-order chi connectivity index (χ1) is 17.6. The number of aromatic hydroxyl groups is 3. The summed E-state index contributed by atoms with van der Waals surface area (Å²) < 4.78 is 17.2. The zero-order chi connectivity index (χ0) is 27.0. The van der Waals surface area contributed by atoms with Gasteiger partial charge in [0.25, 0.3) is 0 Å². The van der Waals surface area contributed by atoms with Gasteiger partial charge in [0.2, 0.25) is 0 Å². The Kier molecular flexibility index (Phi) is 7.42. The van der Waals surface area contributed by atoms with E-state index in [9.17, 15) is 40.2 Å². The van der Waals surface area contributed by atoms with Crippen molar-refractivity contribution < 1.29 is 49.3 Å². The molecule has 3 aromatic rings. The van der Waals surface area contributed by atoms with Gasteiger partial charge in [-0.2, -0.15) is 0 Å². The third-order valence-electron chi connectivity index (χ3n) is 6.57. The number of aliphatic hydroxyl groups excluding tert-OH is 3. The second-order valence-corrected chi connectivity index (χ2v) is 9.02. The zero-order valence-corrected chi connectivity index (χ0v) is 20.1. The Morgan fingerprint density at radius 2 is 1.73 bits per heavy atom. The van der Waals surface area contributed by atoms with Crippen molar-refractivity contribution in [3.8, 4) is 28.6 Å². The van der Waals surface area contributed by atoms with Crippen LogP contribution in [0, 0.1) is 5.92 Å². The summed E-state index contributed by atoms with van der Waals surface area (Å²) in [6.07, 6.45) is -7.37. The minimum atomic E-state index is -1.74. The normalized spacial score (nSPS) is 24.6. The van der Waals surface area contributed by atoms with Gasteiger partial charge in [0, 0.05) is 17.7 Å². The lowest BCUT2D eigenvalue weighted by molar-refractivity contribution is -0.242. The molecule has 0 amide bonds. The first-order valence-corrected chi connectivity index (χ1v) is 11.7. The van der Waals surface area contributed by atoms with Gasteiger partial charge in [0.1, 0.15) is 52.8 Å². The average Bonchev–Trinajstić information content (AvgIpc) is 2.87. The molecule has 0 bridgehead atoms. The fourth-order valence-corrected chi connectivity index (χ4v) is 4.24. The number of aliphatic hydroxyl groups is 3. The number of carbonyl (C=O) groups excluding carboxylic acids is 1. The SMILES string of the molecule is CC[C@H](C)C(=O)O[C@H]1[C@@H](O)[C@H](O)[C@H](CO)O[C@@H]1c1c(O)cc(O)c2c(=O)cc(-c3ccc(O)cc3)oc12. The molecule has 11 nitrogen and oxygen atoms in total. The minimum Gasteiger partial charge on any atom is -0.508 e. The highest BCUT2D eigenvalue weighted by molar-refractivity contribution is 5.89. The molecule has 2 aromatic carbocycles. The van der Waals surface area contributed by atoms with Crippen LogP contribution in [0.4, 0.5) is 0 Å². The van der Waals surface area contributed by atoms with E-state index >= 15 is 0 Å². The smallest absolute Gasteiger partial charge is 0.309 e. The van der Waals surface area contributed by atoms with Crippen molar-refractivity contribution >= 4 is 16.9 Å². The summed E-state index contributed by atoms with van der Waals surface area (Å²) in [5, 5.41) is 61.6. The summed E-state index contributed by atoms with van der Waals surface area (Å²) >= 11 is 0. The number of phenolic OH excluding ortho intramolecular Hbond substituents is 3. The molecule has 4 rings (SSSR count). The van der Waals surface area contributed by atoms with Crippen LogP contribution in [0.2, 0.25) is 0 Å². The molecule has 0 aliphatic carbocycles. The highest BCUT2D eigenvalue weighted by Crippen LogP contribution is 2.44. The second kappa shape index (κ2) is 10.4. The molecule has 37 heavy (non-hydrogen) atoms. The first kappa shape index (κ1) is 26.4. The molecule has 0 radical (unpaired) electrons. The molecule has 6 atom stereocenters. The number of carbonyl (C=O) groups is 1. The van der Waals surface area contributed by atoms with Crippen LogP contribution >= 0.6 is 0 Å². The van der Waals surface area contributed by atoms with Crippen LogP contribution < -0.4 is 5.43 Å². The van der Waals surface area contributed by atoms with Crippen LogP contribution in [-0.2, 0) is 14.3 Å². The van der Waals surface area contributed by atoms with E-state index in [1.807, 2.05) is 0 Å². The molecule has 1 aromatic heterocycles.